The molecule has 2 saturated heterocycles. The average molecular weight is 240 g/mol. The summed E-state index contributed by atoms with van der Waals surface area (Å²) in [6, 6.07) is 0. The summed E-state index contributed by atoms with van der Waals surface area (Å²) in [5, 5.41) is 3.35. The van der Waals surface area contributed by atoms with Gasteiger partial charge < -0.3 is 15.0 Å². The quantitative estimate of drug-likeness (QED) is 0.783. The average Bonchev–Trinajstić information content (AvgIpc) is 2.76. The number of carbonyl (C=O) groups is 1. The fourth-order valence-corrected chi connectivity index (χ4v) is 2.66. The molecule has 2 heterocycles. The number of carbonyl (C=O) groups excluding carboxylic acids is 1. The number of ether oxygens (including phenoxy) is 1. The highest BCUT2D eigenvalue weighted by Gasteiger charge is 2.37. The van der Waals surface area contributed by atoms with Gasteiger partial charge in [-0.25, -0.2) is 0 Å². The van der Waals surface area contributed by atoms with Crippen LogP contribution in [0.3, 0.4) is 0 Å². The zero-order valence-corrected chi connectivity index (χ0v) is 11.2. The summed E-state index contributed by atoms with van der Waals surface area (Å²) < 4.78 is 5.55. The highest BCUT2D eigenvalue weighted by Crippen LogP contribution is 2.26. The maximum atomic E-state index is 12.3. The second-order valence-corrected chi connectivity index (χ2v) is 5.69. The van der Waals surface area contributed by atoms with Gasteiger partial charge in [0.1, 0.15) is 6.10 Å². The van der Waals surface area contributed by atoms with Gasteiger partial charge in [-0.15, -0.1) is 0 Å². The molecule has 0 aromatic heterocycles. The van der Waals surface area contributed by atoms with E-state index in [1.54, 1.807) is 0 Å². The Kier molecular flexibility index (Phi) is 3.73. The largest absolute Gasteiger partial charge is 0.368 e. The van der Waals surface area contributed by atoms with Crippen LogP contribution < -0.4 is 5.32 Å². The van der Waals surface area contributed by atoms with Crippen LogP contribution in [0.2, 0.25) is 0 Å². The molecule has 2 rings (SSSR count). The Labute approximate surface area is 104 Å². The summed E-state index contributed by atoms with van der Waals surface area (Å²) >= 11 is 0. The molecule has 2 aliphatic heterocycles. The van der Waals surface area contributed by atoms with E-state index in [9.17, 15) is 4.79 Å². The minimum Gasteiger partial charge on any atom is -0.368 e. The van der Waals surface area contributed by atoms with Gasteiger partial charge in [-0.2, -0.15) is 0 Å². The molecule has 0 saturated carbocycles. The number of likely N-dealkylation sites (tertiary alicyclic amines) is 1. The van der Waals surface area contributed by atoms with Crippen molar-refractivity contribution in [1.29, 1.82) is 0 Å². The Morgan fingerprint density at radius 2 is 2.06 bits per heavy atom. The van der Waals surface area contributed by atoms with Gasteiger partial charge in [-0.3, -0.25) is 4.79 Å². The van der Waals surface area contributed by atoms with Gasteiger partial charge in [0.25, 0.3) is 5.91 Å². The van der Waals surface area contributed by atoms with E-state index in [1.165, 1.54) is 0 Å². The maximum Gasteiger partial charge on any atom is 0.251 e. The van der Waals surface area contributed by atoms with Gasteiger partial charge in [-0.05, 0) is 39.2 Å². The number of amides is 1. The smallest absolute Gasteiger partial charge is 0.251 e. The molecule has 0 aromatic rings. The fraction of sp³-hybridized carbons (Fsp3) is 0.923. The second-order valence-electron chi connectivity index (χ2n) is 5.69. The third kappa shape index (κ3) is 2.63. The van der Waals surface area contributed by atoms with Gasteiger partial charge in [0, 0.05) is 25.2 Å². The molecule has 2 fully saturated rings. The summed E-state index contributed by atoms with van der Waals surface area (Å²) in [6.45, 7) is 6.77. The van der Waals surface area contributed by atoms with E-state index in [2.05, 4.69) is 19.2 Å². The molecule has 4 nitrogen and oxygen atoms in total. The van der Waals surface area contributed by atoms with E-state index in [0.29, 0.717) is 5.92 Å². The molecule has 2 atom stereocenters. The van der Waals surface area contributed by atoms with Crippen LogP contribution >= 0.6 is 0 Å². The van der Waals surface area contributed by atoms with Gasteiger partial charge >= 0.3 is 0 Å². The number of piperidine rings is 1. The topological polar surface area (TPSA) is 41.6 Å². The minimum atomic E-state index is -0.186. The standard InChI is InChI=1S/C13H24N2O2/c1-10-4-9-17-11(10)12(16)15-7-5-13(2,14-3)6-8-15/h10-11,14H,4-9H2,1-3H3. The lowest BCUT2D eigenvalue weighted by Gasteiger charge is -2.40. The molecule has 0 aromatic carbocycles. The van der Waals surface area contributed by atoms with Crippen LogP contribution in [0.25, 0.3) is 0 Å². The van der Waals surface area contributed by atoms with Crippen LogP contribution in [-0.4, -0.2) is 49.2 Å². The Morgan fingerprint density at radius 1 is 1.41 bits per heavy atom. The van der Waals surface area contributed by atoms with Gasteiger partial charge in [0.05, 0.1) is 0 Å². The van der Waals surface area contributed by atoms with Crippen molar-refractivity contribution in [3.63, 3.8) is 0 Å². The molecule has 1 N–H and O–H groups in total. The normalized spacial score (nSPS) is 32.8. The van der Waals surface area contributed by atoms with Crippen molar-refractivity contribution in [2.45, 2.75) is 44.8 Å². The molecular formula is C13H24N2O2. The van der Waals surface area contributed by atoms with Crippen LogP contribution in [-0.2, 0) is 9.53 Å². The summed E-state index contributed by atoms with van der Waals surface area (Å²) in [5.41, 5.74) is 0.193. The Morgan fingerprint density at radius 3 is 2.53 bits per heavy atom. The van der Waals surface area contributed by atoms with E-state index in [1.807, 2.05) is 11.9 Å². The lowest BCUT2D eigenvalue weighted by molar-refractivity contribution is -0.144. The SMILES string of the molecule is CNC1(C)CCN(C(=O)C2OCCC2C)CC1. The molecule has 1 amide bonds. The molecule has 98 valence electrons. The van der Waals surface area contributed by atoms with Crippen LogP contribution in [0.15, 0.2) is 0 Å². The van der Waals surface area contributed by atoms with Gasteiger partial charge in [0.2, 0.25) is 0 Å². The number of nitrogens with one attached hydrogen (secondary N) is 1. The van der Waals surface area contributed by atoms with Crippen molar-refractivity contribution in [3.05, 3.63) is 0 Å². The highest BCUT2D eigenvalue weighted by molar-refractivity contribution is 5.81. The van der Waals surface area contributed by atoms with Crippen molar-refractivity contribution in [2.75, 3.05) is 26.7 Å². The Balaban J connectivity index is 1.90. The Bertz CT molecular complexity index is 285. The number of hydrogen-bond donors (Lipinski definition) is 1. The fourth-order valence-electron chi connectivity index (χ4n) is 2.66. The first-order valence-electron chi connectivity index (χ1n) is 6.65. The lowest BCUT2D eigenvalue weighted by Crippen LogP contribution is -2.53. The van der Waals surface area contributed by atoms with Crippen molar-refractivity contribution in [2.24, 2.45) is 5.92 Å². The molecule has 0 radical (unpaired) electrons. The van der Waals surface area contributed by atoms with Crippen molar-refractivity contribution >= 4 is 5.91 Å². The van der Waals surface area contributed by atoms with E-state index in [-0.39, 0.29) is 17.6 Å². The first-order valence-corrected chi connectivity index (χ1v) is 6.65. The van der Waals surface area contributed by atoms with Gasteiger partial charge in [0.15, 0.2) is 0 Å². The third-order valence-corrected chi connectivity index (χ3v) is 4.41. The molecule has 0 spiro atoms. The maximum absolute atomic E-state index is 12.3. The molecule has 4 heteroatoms. The number of nitrogens with zero attached hydrogens (tertiary/aromatic N) is 1. The zero-order chi connectivity index (χ0) is 12.5. The van der Waals surface area contributed by atoms with E-state index >= 15 is 0 Å². The molecule has 0 aliphatic carbocycles. The lowest BCUT2D eigenvalue weighted by atomic mass is 9.89. The molecule has 2 aliphatic rings. The van der Waals surface area contributed by atoms with Crippen molar-refractivity contribution in [1.82, 2.24) is 10.2 Å². The van der Waals surface area contributed by atoms with Crippen molar-refractivity contribution < 1.29 is 9.53 Å². The predicted octanol–water partition coefficient (Wildman–Crippen LogP) is 1.01. The van der Waals surface area contributed by atoms with Crippen LogP contribution in [0, 0.1) is 5.92 Å². The summed E-state index contributed by atoms with van der Waals surface area (Å²) in [4.78, 5) is 14.3. The summed E-state index contributed by atoms with van der Waals surface area (Å²) in [5.74, 6) is 0.577. The predicted molar refractivity (Wildman–Crippen MR) is 66.8 cm³/mol. The first-order chi connectivity index (χ1) is 8.06. The molecule has 17 heavy (non-hydrogen) atoms. The van der Waals surface area contributed by atoms with E-state index in [0.717, 1.165) is 39.0 Å². The van der Waals surface area contributed by atoms with Crippen molar-refractivity contribution in [3.8, 4) is 0 Å². The van der Waals surface area contributed by atoms with Gasteiger partial charge in [-0.1, -0.05) is 6.92 Å². The number of rotatable bonds is 2. The minimum absolute atomic E-state index is 0.186. The van der Waals surface area contributed by atoms with Crippen LogP contribution in [0.5, 0.6) is 0 Å². The first kappa shape index (κ1) is 12.8. The zero-order valence-electron chi connectivity index (χ0n) is 11.2. The molecule has 2 unspecified atom stereocenters. The Hall–Kier alpha value is -0.610. The number of hydrogen-bond acceptors (Lipinski definition) is 3. The second kappa shape index (κ2) is 4.94. The third-order valence-electron chi connectivity index (χ3n) is 4.41. The highest BCUT2D eigenvalue weighted by atomic mass is 16.5. The van der Waals surface area contributed by atoms with E-state index in [4.69, 9.17) is 4.74 Å². The van der Waals surface area contributed by atoms with Crippen LogP contribution in [0.4, 0.5) is 0 Å². The monoisotopic (exact) mass is 240 g/mol. The molecule has 0 bridgehead atoms. The van der Waals surface area contributed by atoms with E-state index < -0.39 is 0 Å². The summed E-state index contributed by atoms with van der Waals surface area (Å²) in [7, 11) is 2.00. The molecular weight excluding hydrogens is 216 g/mol. The summed E-state index contributed by atoms with van der Waals surface area (Å²) in [6.07, 6.45) is 2.87. The van der Waals surface area contributed by atoms with Crippen LogP contribution in [0.1, 0.15) is 33.1 Å².